The third-order valence-corrected chi connectivity index (χ3v) is 10.7. The molecule has 164 valence electrons. The van der Waals surface area contributed by atoms with Crippen LogP contribution in [0.3, 0.4) is 0 Å². The minimum atomic E-state index is -4.07. The molecule has 4 aromatic carbocycles. The van der Waals surface area contributed by atoms with E-state index < -0.39 is 20.4 Å². The highest BCUT2D eigenvalue weighted by atomic mass is 32.3. The minimum Gasteiger partial charge on any atom is -0.203 e. The molecule has 0 aliphatic carbocycles. The van der Waals surface area contributed by atoms with Gasteiger partial charge >= 0.3 is 10.1 Å². The number of benzene rings is 4. The monoisotopic (exact) mass is 462 g/mol. The maximum absolute atomic E-state index is 13.7. The van der Waals surface area contributed by atoms with Gasteiger partial charge < -0.3 is 0 Å². The van der Waals surface area contributed by atoms with Gasteiger partial charge in [-0.05, 0) is 78.6 Å². The molecule has 0 aliphatic heterocycles. The van der Waals surface area contributed by atoms with E-state index in [9.17, 15) is 8.42 Å². The summed E-state index contributed by atoms with van der Waals surface area (Å²) in [6.45, 7) is 6.11. The fraction of sp³-hybridized carbons (Fsp3) is 0.111. The first-order valence-corrected chi connectivity index (χ1v) is 13.3. The summed E-state index contributed by atoms with van der Waals surface area (Å²) in [5, 5.41) is 0. The molecular weight excluding hydrogens is 436 g/mol. The third kappa shape index (κ3) is 4.11. The molecule has 32 heavy (non-hydrogen) atoms. The summed E-state index contributed by atoms with van der Waals surface area (Å²) < 4.78 is 33.7. The Kier molecular flexibility index (Phi) is 6.24. The van der Waals surface area contributed by atoms with E-state index in [1.54, 1.807) is 30.3 Å². The largest absolute Gasteiger partial charge is 0.307 e. The van der Waals surface area contributed by atoms with Crippen LogP contribution < -0.4 is 0 Å². The highest BCUT2D eigenvalue weighted by Gasteiger charge is 2.40. The molecule has 0 spiro atoms. The second kappa shape index (κ2) is 8.94. The van der Waals surface area contributed by atoms with Crippen molar-refractivity contribution in [2.45, 2.75) is 40.4 Å². The number of hydrogen-bond acceptors (Lipinski definition) is 3. The minimum absolute atomic E-state index is 0.145. The fourth-order valence-electron chi connectivity index (χ4n) is 4.09. The Labute approximate surface area is 192 Å². The fourth-order valence-corrected chi connectivity index (χ4v) is 9.72. The highest BCUT2D eigenvalue weighted by molar-refractivity contribution is 8.33. The maximum Gasteiger partial charge on any atom is 0.307 e. The van der Waals surface area contributed by atoms with Crippen LogP contribution in [-0.4, -0.2) is 8.42 Å². The average molecular weight is 463 g/mol. The highest BCUT2D eigenvalue weighted by Crippen LogP contribution is 2.71. The van der Waals surface area contributed by atoms with Crippen LogP contribution in [0, 0.1) is 20.8 Å². The molecule has 3 nitrogen and oxygen atoms in total. The predicted molar refractivity (Wildman–Crippen MR) is 131 cm³/mol. The molecule has 0 saturated heterocycles. The average Bonchev–Trinajstić information content (AvgIpc) is 2.79. The maximum atomic E-state index is 13.7. The SMILES string of the molecule is Cc1cc(C)c(S(OS(=O)(=O)c2ccccc2)(c2ccccc2)c2ccccc2)c(C)c1. The van der Waals surface area contributed by atoms with Crippen LogP contribution in [0.2, 0.25) is 0 Å². The van der Waals surface area contributed by atoms with Crippen molar-refractivity contribution < 1.29 is 12.0 Å². The topological polar surface area (TPSA) is 43.4 Å². The molecule has 0 aliphatic rings. The van der Waals surface area contributed by atoms with Crippen LogP contribution >= 0.6 is 10.3 Å². The quantitative estimate of drug-likeness (QED) is 0.304. The van der Waals surface area contributed by atoms with E-state index in [4.69, 9.17) is 3.63 Å². The molecule has 0 aromatic heterocycles. The predicted octanol–water partition coefficient (Wildman–Crippen LogP) is 7.21. The van der Waals surface area contributed by atoms with Crippen molar-refractivity contribution in [3.8, 4) is 0 Å². The number of hydrogen-bond donors (Lipinski definition) is 0. The van der Waals surface area contributed by atoms with Gasteiger partial charge in [-0.2, -0.15) is 8.42 Å². The van der Waals surface area contributed by atoms with Gasteiger partial charge in [-0.15, -0.1) is 0 Å². The van der Waals surface area contributed by atoms with Crippen molar-refractivity contribution in [2.75, 3.05) is 0 Å². The molecular formula is C27H26O3S2. The van der Waals surface area contributed by atoms with Crippen molar-refractivity contribution in [2.24, 2.45) is 0 Å². The van der Waals surface area contributed by atoms with Gasteiger partial charge in [-0.1, -0.05) is 72.3 Å². The summed E-state index contributed by atoms with van der Waals surface area (Å²) in [7, 11) is -6.67. The molecule has 4 aromatic rings. The van der Waals surface area contributed by atoms with E-state index in [1.807, 2.05) is 81.4 Å². The lowest BCUT2D eigenvalue weighted by molar-refractivity contribution is 0.508. The Morgan fingerprint density at radius 1 is 0.562 bits per heavy atom. The smallest absolute Gasteiger partial charge is 0.203 e. The van der Waals surface area contributed by atoms with Crippen LogP contribution in [0.4, 0.5) is 0 Å². The van der Waals surface area contributed by atoms with Crippen LogP contribution in [0.1, 0.15) is 16.7 Å². The Bertz CT molecular complexity index is 1250. The second-order valence-electron chi connectivity index (χ2n) is 7.75. The molecule has 0 atom stereocenters. The molecule has 0 fully saturated rings. The Hall–Kier alpha value is -2.86. The zero-order chi connectivity index (χ0) is 22.8. The van der Waals surface area contributed by atoms with Crippen molar-refractivity contribution in [3.05, 3.63) is 120 Å². The van der Waals surface area contributed by atoms with Crippen LogP contribution in [0.15, 0.2) is 123 Å². The molecule has 0 radical (unpaired) electrons. The van der Waals surface area contributed by atoms with Crippen molar-refractivity contribution >= 4 is 20.4 Å². The molecule has 0 bridgehead atoms. The van der Waals surface area contributed by atoms with Crippen molar-refractivity contribution in [1.29, 1.82) is 0 Å². The summed E-state index contributed by atoms with van der Waals surface area (Å²) in [6.07, 6.45) is 0. The van der Waals surface area contributed by atoms with Gasteiger partial charge in [0, 0.05) is 14.7 Å². The van der Waals surface area contributed by atoms with Gasteiger partial charge in [0.1, 0.15) is 0 Å². The van der Waals surface area contributed by atoms with Gasteiger partial charge in [0.15, 0.2) is 0 Å². The van der Waals surface area contributed by atoms with Gasteiger partial charge in [0.2, 0.25) is 0 Å². The van der Waals surface area contributed by atoms with E-state index >= 15 is 0 Å². The molecule has 5 heteroatoms. The summed E-state index contributed by atoms with van der Waals surface area (Å²) in [4.78, 5) is 2.73. The summed E-state index contributed by atoms with van der Waals surface area (Å²) in [5.41, 5.74) is 3.14. The van der Waals surface area contributed by atoms with Crippen molar-refractivity contribution in [3.63, 3.8) is 0 Å². The van der Waals surface area contributed by atoms with E-state index in [0.717, 1.165) is 31.4 Å². The Morgan fingerprint density at radius 3 is 1.34 bits per heavy atom. The third-order valence-electron chi connectivity index (χ3n) is 5.27. The lowest BCUT2D eigenvalue weighted by Gasteiger charge is -2.41. The summed E-state index contributed by atoms with van der Waals surface area (Å²) >= 11 is 0. The first-order valence-electron chi connectivity index (χ1n) is 10.4. The van der Waals surface area contributed by atoms with Crippen LogP contribution in [0.5, 0.6) is 0 Å². The normalized spacial score (nSPS) is 12.5. The number of rotatable bonds is 6. The van der Waals surface area contributed by atoms with Gasteiger partial charge in [0.05, 0.1) is 4.90 Å². The molecule has 0 N–H and O–H groups in total. The van der Waals surface area contributed by atoms with E-state index in [-0.39, 0.29) is 4.90 Å². The van der Waals surface area contributed by atoms with Crippen LogP contribution in [-0.2, 0) is 13.7 Å². The van der Waals surface area contributed by atoms with Gasteiger partial charge in [0.25, 0.3) is 0 Å². The molecule has 4 rings (SSSR count). The molecule has 0 heterocycles. The molecule has 0 amide bonds. The van der Waals surface area contributed by atoms with Crippen molar-refractivity contribution in [1.82, 2.24) is 0 Å². The first-order chi connectivity index (χ1) is 15.3. The lowest BCUT2D eigenvalue weighted by Crippen LogP contribution is -2.16. The number of aryl methyl sites for hydroxylation is 3. The lowest BCUT2D eigenvalue weighted by atomic mass is 10.1. The zero-order valence-electron chi connectivity index (χ0n) is 18.4. The molecule has 0 unspecified atom stereocenters. The standard InChI is InChI=1S/C27H26O3S2/c1-21-19-22(2)27(23(3)20-21)31(24-13-7-4-8-14-24,25-15-9-5-10-16-25)30-32(28,29)26-17-11-6-12-18-26/h4-20H,1-3H3. The zero-order valence-corrected chi connectivity index (χ0v) is 20.0. The second-order valence-corrected chi connectivity index (χ2v) is 12.1. The van der Waals surface area contributed by atoms with Crippen LogP contribution in [0.25, 0.3) is 0 Å². The van der Waals surface area contributed by atoms with E-state index in [1.165, 1.54) is 0 Å². The van der Waals surface area contributed by atoms with Gasteiger partial charge in [-0.3, -0.25) is 0 Å². The van der Waals surface area contributed by atoms with Gasteiger partial charge in [-0.25, -0.2) is 3.63 Å². The molecule has 0 saturated carbocycles. The summed E-state index contributed by atoms with van der Waals surface area (Å²) in [6, 6.07) is 32.0. The van der Waals surface area contributed by atoms with E-state index in [0.29, 0.717) is 0 Å². The summed E-state index contributed by atoms with van der Waals surface area (Å²) in [5.74, 6) is 0. The first kappa shape index (κ1) is 22.3. The van der Waals surface area contributed by atoms with E-state index in [2.05, 4.69) is 12.1 Å². The Balaban J connectivity index is 2.10. The Morgan fingerprint density at radius 2 is 0.938 bits per heavy atom.